The second kappa shape index (κ2) is 53.4. The third-order valence-corrected chi connectivity index (χ3v) is 12.1. The van der Waals surface area contributed by atoms with Crippen molar-refractivity contribution in [2.75, 3.05) is 13.2 Å². The van der Waals surface area contributed by atoms with Gasteiger partial charge in [0.15, 0.2) is 6.10 Å². The molecule has 0 rings (SSSR count). The largest absolute Gasteiger partial charge is 0.462 e. The van der Waals surface area contributed by atoms with Gasteiger partial charge in [0.2, 0.25) is 0 Å². The van der Waals surface area contributed by atoms with Crippen molar-refractivity contribution in [2.45, 2.75) is 263 Å². The Bertz CT molecular complexity index is 1370. The zero-order chi connectivity index (χ0) is 51.2. The molecule has 0 saturated carbocycles. The molecule has 0 heterocycles. The monoisotopic (exact) mass is 989 g/mol. The molecule has 0 unspecified atom stereocenters. The van der Waals surface area contributed by atoms with E-state index >= 15 is 0 Å². The maximum absolute atomic E-state index is 12.9. The van der Waals surface area contributed by atoms with Crippen molar-refractivity contribution in [1.29, 1.82) is 0 Å². The van der Waals surface area contributed by atoms with Gasteiger partial charge in [0.05, 0.1) is 0 Å². The number of hydrogen-bond donors (Lipinski definition) is 3. The fourth-order valence-electron chi connectivity index (χ4n) is 7.67. The Balaban J connectivity index is 4.70. The van der Waals surface area contributed by atoms with Crippen LogP contribution in [0.5, 0.6) is 0 Å². The number of allylic oxidation sites excluding steroid dienone is 9. The van der Waals surface area contributed by atoms with E-state index < -0.39 is 12.1 Å². The van der Waals surface area contributed by atoms with Crippen LogP contribution in [-0.4, -0.2) is 71.3 Å². The van der Waals surface area contributed by atoms with Gasteiger partial charge in [-0.3, -0.25) is 30.2 Å². The van der Waals surface area contributed by atoms with Crippen molar-refractivity contribution in [3.05, 3.63) is 72.9 Å². The Morgan fingerprint density at radius 1 is 0.371 bits per heavy atom. The van der Waals surface area contributed by atoms with E-state index in [4.69, 9.17) is 24.7 Å². The van der Waals surface area contributed by atoms with Crippen LogP contribution in [0.15, 0.2) is 72.9 Å². The third-order valence-electron chi connectivity index (χ3n) is 12.1. The van der Waals surface area contributed by atoms with Crippen molar-refractivity contribution in [1.82, 2.24) is 0 Å². The second-order valence-corrected chi connectivity index (χ2v) is 18.6. The van der Waals surface area contributed by atoms with Gasteiger partial charge in [0.25, 0.3) is 0 Å². The van der Waals surface area contributed by atoms with E-state index in [1.54, 1.807) is 0 Å². The van der Waals surface area contributed by atoms with Crippen LogP contribution in [0.4, 0.5) is 0 Å². The summed E-state index contributed by atoms with van der Waals surface area (Å²) >= 11 is 0. The SMILES string of the molecule is CCCCCC/C=C\C=C\[C@H](CCCCCCCC(=O)OC[C@@H](COC(=O)CCCCCCC/C=C\C=C\[C@H](CCCCC)OO)OC(=O)CCCCCCC/C=C\C=C\[C@H](CCCCC)OO)OO. The summed E-state index contributed by atoms with van der Waals surface area (Å²) in [7, 11) is 0. The molecule has 70 heavy (non-hydrogen) atoms. The Morgan fingerprint density at radius 2 is 0.671 bits per heavy atom. The average molecular weight is 989 g/mol. The molecular weight excluding hydrogens is 889 g/mol. The van der Waals surface area contributed by atoms with E-state index in [0.717, 1.165) is 148 Å². The first-order chi connectivity index (χ1) is 34.3. The van der Waals surface area contributed by atoms with Gasteiger partial charge in [-0.05, 0) is 77.0 Å². The van der Waals surface area contributed by atoms with Gasteiger partial charge in [-0.2, -0.15) is 0 Å². The fourth-order valence-corrected chi connectivity index (χ4v) is 7.67. The van der Waals surface area contributed by atoms with Crippen LogP contribution < -0.4 is 0 Å². The zero-order valence-corrected chi connectivity index (χ0v) is 44.2. The predicted molar refractivity (Wildman–Crippen MR) is 283 cm³/mol. The Morgan fingerprint density at radius 3 is 1.04 bits per heavy atom. The lowest BCUT2D eigenvalue weighted by molar-refractivity contribution is -0.267. The van der Waals surface area contributed by atoms with Crippen molar-refractivity contribution in [3.8, 4) is 0 Å². The standard InChI is InChI=1S/C58H100O12/c1-4-7-10-11-12-19-25-36-45-54(70-64)46-37-28-24-31-39-48-57(60)66-51-55(67-58(61)49-40-30-23-18-14-16-21-27-35-44-53(69-63)42-33-9-6-3)50-65-56(59)47-38-29-22-17-13-15-20-26-34-43-52(68-62)41-32-8-5-2/h19-21,25-27,34-36,43-45,52-55,62-64H,4-18,22-24,28-33,37-42,46-51H2,1-3H3/b25-19-,26-20-,27-21-,43-34+,44-35+,45-36+/t52-,53-,54+,55+/m0/s1. The van der Waals surface area contributed by atoms with E-state index in [0.29, 0.717) is 25.7 Å². The molecule has 0 aromatic rings. The number of esters is 3. The summed E-state index contributed by atoms with van der Waals surface area (Å²) in [5.41, 5.74) is 0. The summed E-state index contributed by atoms with van der Waals surface area (Å²) in [5.74, 6) is -1.14. The third kappa shape index (κ3) is 47.0. The molecule has 3 N–H and O–H groups in total. The van der Waals surface area contributed by atoms with Gasteiger partial charge in [0.1, 0.15) is 31.5 Å². The van der Waals surface area contributed by atoms with Gasteiger partial charge in [-0.1, -0.05) is 216 Å². The quantitative estimate of drug-likeness (QED) is 0.0132. The molecule has 0 aromatic carbocycles. The minimum atomic E-state index is -0.875. The van der Waals surface area contributed by atoms with E-state index in [1.807, 2.05) is 54.7 Å². The number of hydrogen-bond acceptors (Lipinski definition) is 12. The lowest BCUT2D eigenvalue weighted by Gasteiger charge is -2.18. The molecule has 4 atom stereocenters. The molecule has 0 aromatic heterocycles. The first kappa shape index (κ1) is 66.6. The number of carbonyl (C=O) groups excluding carboxylic acids is 3. The number of ether oxygens (including phenoxy) is 3. The lowest BCUT2D eigenvalue weighted by Crippen LogP contribution is -2.30. The molecule has 0 aliphatic heterocycles. The molecule has 0 bridgehead atoms. The smallest absolute Gasteiger partial charge is 0.306 e. The van der Waals surface area contributed by atoms with Crippen LogP contribution in [0.25, 0.3) is 0 Å². The minimum Gasteiger partial charge on any atom is -0.462 e. The van der Waals surface area contributed by atoms with Crippen LogP contribution in [-0.2, 0) is 43.3 Å². The van der Waals surface area contributed by atoms with E-state index in [1.165, 1.54) is 25.7 Å². The maximum atomic E-state index is 12.9. The Hall–Kier alpha value is -3.39. The Kier molecular flexibility index (Phi) is 50.8. The van der Waals surface area contributed by atoms with Crippen molar-refractivity contribution in [2.24, 2.45) is 0 Å². The van der Waals surface area contributed by atoms with Gasteiger partial charge in [-0.15, -0.1) is 0 Å². The normalized spacial score (nSPS) is 14.0. The summed E-state index contributed by atoms with van der Waals surface area (Å²) in [5, 5.41) is 27.4. The zero-order valence-electron chi connectivity index (χ0n) is 44.2. The number of rotatable bonds is 51. The minimum absolute atomic E-state index is 0.166. The van der Waals surface area contributed by atoms with Crippen LogP contribution >= 0.6 is 0 Å². The average Bonchev–Trinajstić information content (AvgIpc) is 3.36. The second-order valence-electron chi connectivity index (χ2n) is 18.6. The summed E-state index contributed by atoms with van der Waals surface area (Å²) in [6.45, 7) is 6.16. The summed E-state index contributed by atoms with van der Waals surface area (Å²) < 4.78 is 16.7. The molecule has 0 amide bonds. The highest BCUT2D eigenvalue weighted by atomic mass is 17.1. The van der Waals surface area contributed by atoms with Crippen molar-refractivity contribution in [3.63, 3.8) is 0 Å². The first-order valence-electron chi connectivity index (χ1n) is 27.7. The molecule has 404 valence electrons. The summed E-state index contributed by atoms with van der Waals surface area (Å²) in [6, 6.07) is 0. The molecule has 0 saturated heterocycles. The van der Waals surface area contributed by atoms with Gasteiger partial charge in [-0.25, -0.2) is 14.7 Å². The van der Waals surface area contributed by atoms with Gasteiger partial charge >= 0.3 is 17.9 Å². The number of unbranched alkanes of at least 4 members (excludes halogenated alkanes) is 22. The summed E-state index contributed by atoms with van der Waals surface area (Å²) in [6.07, 6.45) is 53.2. The lowest BCUT2D eigenvalue weighted by atomic mass is 10.1. The molecule has 0 aliphatic carbocycles. The van der Waals surface area contributed by atoms with Crippen LogP contribution in [0, 0.1) is 0 Å². The van der Waals surface area contributed by atoms with Crippen LogP contribution in [0.1, 0.15) is 239 Å². The number of carbonyl (C=O) groups is 3. The highest BCUT2D eigenvalue weighted by Crippen LogP contribution is 2.15. The molecular formula is C58H100O12. The highest BCUT2D eigenvalue weighted by molar-refractivity contribution is 5.71. The highest BCUT2D eigenvalue weighted by Gasteiger charge is 2.20. The maximum Gasteiger partial charge on any atom is 0.306 e. The van der Waals surface area contributed by atoms with E-state index in [9.17, 15) is 19.6 Å². The molecule has 0 aliphatic rings. The van der Waals surface area contributed by atoms with E-state index in [2.05, 4.69) is 53.7 Å². The Labute approximate surface area is 425 Å². The van der Waals surface area contributed by atoms with Gasteiger partial charge in [0, 0.05) is 19.3 Å². The van der Waals surface area contributed by atoms with E-state index in [-0.39, 0.29) is 62.7 Å². The molecule has 0 radical (unpaired) electrons. The topological polar surface area (TPSA) is 167 Å². The fraction of sp³-hybridized carbons (Fsp3) is 0.741. The van der Waals surface area contributed by atoms with Crippen molar-refractivity contribution >= 4 is 17.9 Å². The molecule has 12 nitrogen and oxygen atoms in total. The van der Waals surface area contributed by atoms with Crippen molar-refractivity contribution < 1.29 is 59.0 Å². The molecule has 12 heteroatoms. The predicted octanol–water partition coefficient (Wildman–Crippen LogP) is 16.2. The first-order valence-corrected chi connectivity index (χ1v) is 27.7. The molecule has 0 fully saturated rings. The molecule has 0 spiro atoms. The van der Waals surface area contributed by atoms with Crippen LogP contribution in [0.3, 0.4) is 0 Å². The summed E-state index contributed by atoms with van der Waals surface area (Å²) in [4.78, 5) is 51.9. The van der Waals surface area contributed by atoms with Crippen LogP contribution in [0.2, 0.25) is 0 Å². The van der Waals surface area contributed by atoms with Gasteiger partial charge < -0.3 is 14.2 Å².